The molecule has 1 aliphatic rings. The quantitative estimate of drug-likeness (QED) is 0.0467. The topological polar surface area (TPSA) is 624 Å². The van der Waals surface area contributed by atoms with Crippen molar-refractivity contribution in [2.45, 2.75) is 135 Å². The molecular weight excluding hydrogens is 1370 g/mol. The van der Waals surface area contributed by atoms with Gasteiger partial charge in [-0.2, -0.15) is 0 Å². The van der Waals surface area contributed by atoms with Crippen LogP contribution in [-0.2, 0) is 140 Å². The smallest absolute Gasteiger partial charge is 0.330 e. The summed E-state index contributed by atoms with van der Waals surface area (Å²) in [5.41, 5.74) is -1.61. The lowest BCUT2D eigenvalue weighted by molar-refractivity contribution is -0.239. The monoisotopic (exact) mass is 1450 g/mol. The van der Waals surface area contributed by atoms with Crippen molar-refractivity contribution in [3.05, 3.63) is 32.6 Å². The van der Waals surface area contributed by atoms with E-state index in [0.717, 1.165) is 106 Å². The Morgan fingerprint density at radius 1 is 0.484 bits per heavy atom. The average Bonchev–Trinajstić information content (AvgIpc) is 1.70. The molecule has 0 amide bonds. The van der Waals surface area contributed by atoms with E-state index >= 15 is 0 Å². The van der Waals surface area contributed by atoms with Gasteiger partial charge in [0.2, 0.25) is 0 Å². The molecule has 0 saturated carbocycles. The first-order chi connectivity index (χ1) is 44.3. The van der Waals surface area contributed by atoms with Crippen LogP contribution in [0.2, 0.25) is 0 Å². The van der Waals surface area contributed by atoms with E-state index in [1.165, 1.54) is 13.8 Å². The van der Waals surface area contributed by atoms with Crippen molar-refractivity contribution in [1.82, 2.24) is 9.55 Å². The summed E-state index contributed by atoms with van der Waals surface area (Å²) in [4.78, 5) is 223. The number of H-pyrrole nitrogens is 1. The summed E-state index contributed by atoms with van der Waals surface area (Å²) in [5, 5.41) is 0. The molecule has 93 heavy (non-hydrogen) atoms. The fraction of sp³-hybridized carbons (Fsp3) is 0.604. The molecular formula is C48H84N2O38P5-5. The Labute approximate surface area is 536 Å². The van der Waals surface area contributed by atoms with Crippen LogP contribution in [0.4, 0.5) is 0 Å². The van der Waals surface area contributed by atoms with Gasteiger partial charge in [0.15, 0.2) is 0 Å². The molecule has 40 nitrogen and oxygen atoms in total. The number of carbonyl (C=O) groups is 15. The summed E-state index contributed by atoms with van der Waals surface area (Å²) >= 11 is 0. The van der Waals surface area contributed by atoms with E-state index in [1.54, 1.807) is 0 Å². The number of aromatic amines is 1. The molecule has 45 heteroatoms. The summed E-state index contributed by atoms with van der Waals surface area (Å²) in [5.74, 6) is 0. The Bertz CT molecular complexity index is 2200. The van der Waals surface area contributed by atoms with Gasteiger partial charge < -0.3 is 147 Å². The van der Waals surface area contributed by atoms with Gasteiger partial charge in [-0.1, -0.05) is 19.3 Å². The number of ether oxygens (including phenoxy) is 1. The van der Waals surface area contributed by atoms with E-state index in [-0.39, 0.29) is 12.2 Å². The molecule has 1 aromatic heterocycles. The molecule has 1 saturated heterocycles. The van der Waals surface area contributed by atoms with Crippen molar-refractivity contribution in [2.75, 3.05) is 52.9 Å². The van der Waals surface area contributed by atoms with Crippen molar-refractivity contribution in [3.63, 3.8) is 0 Å². The number of nitrogens with one attached hydrogen (secondary N) is 1. The Morgan fingerprint density at radius 2 is 0.753 bits per heavy atom. The number of phosphoric acid groups is 5. The lowest BCUT2D eigenvalue weighted by atomic mass is 10.2. The summed E-state index contributed by atoms with van der Waals surface area (Å²) < 4.78 is 104. The van der Waals surface area contributed by atoms with Crippen LogP contribution in [0.25, 0.3) is 0 Å². The number of aromatic nitrogens is 2. The fourth-order valence-corrected chi connectivity index (χ4v) is 8.64. The fourth-order valence-electron chi connectivity index (χ4n) is 5.36. The first-order valence-electron chi connectivity index (χ1n) is 25.6. The van der Waals surface area contributed by atoms with E-state index in [4.69, 9.17) is 57.3 Å². The van der Waals surface area contributed by atoms with Crippen LogP contribution >= 0.6 is 39.1 Å². The Hall–Kier alpha value is -5.76. The molecule has 0 aromatic carbocycles. The van der Waals surface area contributed by atoms with Gasteiger partial charge in [0, 0.05) is 56.7 Å². The van der Waals surface area contributed by atoms with E-state index in [9.17, 15) is 85.6 Å². The van der Waals surface area contributed by atoms with E-state index in [2.05, 4.69) is 36.2 Å². The molecule has 8 unspecified atom stereocenters. The van der Waals surface area contributed by atoms with Gasteiger partial charge >= 0.3 is 5.69 Å². The molecule has 0 radical (unpaired) electrons. The number of aldehydes is 6. The van der Waals surface area contributed by atoms with Crippen molar-refractivity contribution >= 4 is 138 Å². The van der Waals surface area contributed by atoms with Crippen LogP contribution in [0.15, 0.2) is 15.8 Å². The van der Waals surface area contributed by atoms with Gasteiger partial charge in [0.05, 0.1) is 59.0 Å². The number of hydrogen-bond donors (Lipinski definition) is 2. The normalized spacial score (nSPS) is 15.7. The van der Waals surface area contributed by atoms with Crippen LogP contribution in [0, 0.1) is 6.92 Å². The Kier molecular flexibility index (Phi) is 98.8. The second-order valence-corrected chi connectivity index (χ2v) is 21.7. The minimum absolute atomic E-state index is 0.0657. The third-order valence-corrected chi connectivity index (χ3v) is 13.3. The summed E-state index contributed by atoms with van der Waals surface area (Å²) in [7, 11) is -25.5. The van der Waals surface area contributed by atoms with Gasteiger partial charge in [-0.15, -0.1) is 0 Å². The predicted molar refractivity (Wildman–Crippen MR) is 313 cm³/mol. The molecule has 2 heterocycles. The number of aryl methyl sites for hydroxylation is 1. The minimum atomic E-state index is -5.34. The van der Waals surface area contributed by atoms with Crippen molar-refractivity contribution in [3.8, 4) is 0 Å². The SMILES string of the molecule is C=O.C=O.C=O.C=O.C=O.C=O.C=O.C=O.C=O.CCOP(=O)([O-])OCCOP(=O)([O-])OCCOP(=O)([O-])OCCOP(=O)([O-])OC1CC(n2cc(C)c(=O)[nH]c2=O)OC1COP(=O)([O-])O.O=CCCCCCC=O.O=CCCCCCC=O.O=CCCCCCC=O. The molecule has 0 bridgehead atoms. The van der Waals surface area contributed by atoms with E-state index in [1.807, 2.05) is 66.1 Å². The van der Waals surface area contributed by atoms with Gasteiger partial charge in [0.1, 0.15) is 111 Å². The van der Waals surface area contributed by atoms with Crippen LogP contribution in [0.1, 0.15) is 121 Å². The number of hydrogen-bond acceptors (Lipinski definition) is 37. The highest BCUT2D eigenvalue weighted by molar-refractivity contribution is 7.46. The zero-order valence-electron chi connectivity index (χ0n) is 51.3. The minimum Gasteiger partial charge on any atom is -0.756 e. The van der Waals surface area contributed by atoms with E-state index < -0.39 is 121 Å². The van der Waals surface area contributed by atoms with Crippen LogP contribution in [0.5, 0.6) is 0 Å². The molecule has 2 N–H and O–H groups in total. The number of carbonyl (C=O) groups excluding carboxylic acids is 15. The van der Waals surface area contributed by atoms with Crippen LogP contribution in [-0.4, -0.2) is 178 Å². The average molecular weight is 1450 g/mol. The lowest BCUT2D eigenvalue weighted by Crippen LogP contribution is -2.33. The molecule has 1 aliphatic heterocycles. The first kappa shape index (κ1) is 112. The molecule has 544 valence electrons. The van der Waals surface area contributed by atoms with Crippen LogP contribution < -0.4 is 35.7 Å². The highest BCUT2D eigenvalue weighted by atomic mass is 31.2. The molecule has 1 aromatic rings. The molecule has 8 atom stereocenters. The highest BCUT2D eigenvalue weighted by Crippen LogP contribution is 2.46. The zero-order chi connectivity index (χ0) is 75.2. The maximum atomic E-state index is 12.4. The number of rotatable bonds is 41. The largest absolute Gasteiger partial charge is 0.756 e. The van der Waals surface area contributed by atoms with Crippen molar-refractivity contribution in [1.29, 1.82) is 0 Å². The molecule has 1 fully saturated rings. The number of unbranched alkanes of at least 4 members (excludes halogenated alkanes) is 12. The maximum Gasteiger partial charge on any atom is 0.330 e. The predicted octanol–water partition coefficient (Wildman–Crippen LogP) is -0.655. The number of nitrogens with zero attached hydrogens (tertiary/aromatic N) is 1. The van der Waals surface area contributed by atoms with Crippen molar-refractivity contribution < 1.29 is 170 Å². The lowest BCUT2D eigenvalue weighted by Gasteiger charge is -2.29. The highest BCUT2D eigenvalue weighted by Gasteiger charge is 2.40. The summed E-state index contributed by atoms with van der Waals surface area (Å²) in [6.07, 6.45) is 14.1. The van der Waals surface area contributed by atoms with Crippen molar-refractivity contribution in [2.24, 2.45) is 0 Å². The third-order valence-electron chi connectivity index (χ3n) is 8.77. The summed E-state index contributed by atoms with van der Waals surface area (Å²) in [6, 6.07) is 0. The Morgan fingerprint density at radius 3 is 1.01 bits per heavy atom. The first-order valence-corrected chi connectivity index (χ1v) is 32.9. The van der Waals surface area contributed by atoms with Gasteiger partial charge in [0.25, 0.3) is 44.7 Å². The third kappa shape index (κ3) is 82.3. The maximum absolute atomic E-state index is 12.4. The zero-order valence-corrected chi connectivity index (χ0v) is 55.8. The molecule has 2 rings (SSSR count). The second kappa shape index (κ2) is 82.3. The second-order valence-electron chi connectivity index (χ2n) is 14.9. The molecule has 0 aliphatic carbocycles. The van der Waals surface area contributed by atoms with Gasteiger partial charge in [-0.25, -0.2) is 4.79 Å². The number of phosphoric ester groups is 5. The van der Waals surface area contributed by atoms with Gasteiger partial charge in [-0.3, -0.25) is 37.2 Å². The molecule has 0 spiro atoms. The summed E-state index contributed by atoms with van der Waals surface area (Å²) in [6.45, 7) is 14.2. The Balaban J connectivity index is -0.000000134. The van der Waals surface area contributed by atoms with E-state index in [0.29, 0.717) is 38.5 Å². The van der Waals surface area contributed by atoms with Crippen LogP contribution in [0.3, 0.4) is 0 Å². The standard InChI is InChI=1S/C18H35N2O23P5.3C7H12O2.9CH2O/c1-3-34-45(26,27)35-4-5-36-46(28,29)37-6-7-38-47(30,31)39-8-9-40-48(32,33)43-14-10-16(42-15(14)12-41-44(23,24)25)20-11-13(2)17(21)19-18(20)22;3*8-6-4-2-1-3-5-7-9;9*1-2/h11,14-16H,3-10,12H2,1-2H3,(H,26,27)(H,28,29)(H,30,31)(H,32,33)(H,19,21,22)(H2,23,24,25);3*6-7H,1-5H2;9*1H2/p-5. The van der Waals surface area contributed by atoms with Gasteiger partial charge in [-0.05, 0) is 52.4 Å².